The first-order valence-electron chi connectivity index (χ1n) is 14.8. The number of carboxylic acids is 1. The van der Waals surface area contributed by atoms with Gasteiger partial charge in [0.2, 0.25) is 18.4 Å². The van der Waals surface area contributed by atoms with Crippen LogP contribution in [0, 0.1) is 5.92 Å². The Hall–Kier alpha value is -3.46. The zero-order valence-corrected chi connectivity index (χ0v) is 24.8. The maximum Gasteiger partial charge on any atom is 0.308 e. The number of unbranched alkanes of at least 4 members (excludes halogenated alkanes) is 2. The van der Waals surface area contributed by atoms with Crippen molar-refractivity contribution < 1.29 is 33.6 Å². The monoisotopic (exact) mass is 568 g/mol. The van der Waals surface area contributed by atoms with E-state index in [-0.39, 0.29) is 31.2 Å². The van der Waals surface area contributed by atoms with Crippen LogP contribution in [0.1, 0.15) is 63.0 Å². The summed E-state index contributed by atoms with van der Waals surface area (Å²) in [5.74, 6) is 0.486. The third-order valence-electron chi connectivity index (χ3n) is 8.30. The number of carboxylic acid groups (broad SMARTS) is 1. The van der Waals surface area contributed by atoms with Gasteiger partial charge in [0.1, 0.15) is 5.75 Å². The minimum atomic E-state index is -0.875. The van der Waals surface area contributed by atoms with Gasteiger partial charge in [-0.2, -0.15) is 0 Å². The van der Waals surface area contributed by atoms with Gasteiger partial charge < -0.3 is 29.0 Å². The molecule has 1 amide bonds. The van der Waals surface area contributed by atoms with Crippen molar-refractivity contribution in [1.29, 1.82) is 0 Å². The molecule has 41 heavy (non-hydrogen) atoms. The van der Waals surface area contributed by atoms with Gasteiger partial charge in [0.15, 0.2) is 11.5 Å². The summed E-state index contributed by atoms with van der Waals surface area (Å²) in [6.07, 6.45) is 5.13. The Balaban J connectivity index is 1.66. The van der Waals surface area contributed by atoms with Gasteiger partial charge in [-0.15, -0.1) is 0 Å². The van der Waals surface area contributed by atoms with Crippen LogP contribution in [0.4, 0.5) is 0 Å². The van der Waals surface area contributed by atoms with Crippen molar-refractivity contribution in [3.8, 4) is 23.0 Å². The lowest BCUT2D eigenvalue weighted by Gasteiger charge is -2.30. The number of carbonyl (C=O) groups excluding carboxylic acids is 1. The van der Waals surface area contributed by atoms with Crippen LogP contribution in [0.2, 0.25) is 0 Å². The molecule has 2 aromatic rings. The lowest BCUT2D eigenvalue weighted by Crippen LogP contribution is -2.44. The highest BCUT2D eigenvalue weighted by Crippen LogP contribution is 2.47. The van der Waals surface area contributed by atoms with Gasteiger partial charge in [0.25, 0.3) is 0 Å². The van der Waals surface area contributed by atoms with E-state index < -0.39 is 11.9 Å². The SMILES string of the molecule is CCCCN(CCCC)C(=O)CN1C[C@H](c2cc(OC)c3c(c2)OCO3)C(C(=O)O)[C@@H]1CCc1ccccc1OC. The zero-order chi connectivity index (χ0) is 29.4. The number of carbonyl (C=O) groups is 2. The van der Waals surface area contributed by atoms with Gasteiger partial charge in [0, 0.05) is 31.6 Å². The summed E-state index contributed by atoms with van der Waals surface area (Å²) in [6, 6.07) is 11.2. The van der Waals surface area contributed by atoms with Crippen LogP contribution in [-0.2, 0) is 16.0 Å². The molecule has 2 aromatic carbocycles. The van der Waals surface area contributed by atoms with Crippen LogP contribution in [0.25, 0.3) is 0 Å². The van der Waals surface area contributed by atoms with Crippen LogP contribution in [-0.4, -0.2) is 80.0 Å². The van der Waals surface area contributed by atoms with Gasteiger partial charge in [-0.25, -0.2) is 0 Å². The van der Waals surface area contributed by atoms with Gasteiger partial charge in [-0.3, -0.25) is 14.5 Å². The fourth-order valence-corrected chi connectivity index (χ4v) is 6.10. The van der Waals surface area contributed by atoms with E-state index in [2.05, 4.69) is 18.7 Å². The van der Waals surface area contributed by atoms with Gasteiger partial charge >= 0.3 is 5.97 Å². The molecule has 0 radical (unpaired) electrons. The Morgan fingerprint density at radius 1 is 1.02 bits per heavy atom. The lowest BCUT2D eigenvalue weighted by molar-refractivity contribution is -0.143. The number of hydrogen-bond donors (Lipinski definition) is 1. The van der Waals surface area contributed by atoms with Gasteiger partial charge in [-0.1, -0.05) is 44.9 Å². The standard InChI is InChI=1S/C32H44N2O7/c1-5-7-15-33(16-8-6-2)29(35)20-34-19-24(23-17-27(39-4)31-28(18-23)40-21-41-31)30(32(36)37)25(34)14-13-22-11-9-10-12-26(22)38-3/h9-12,17-18,24-25,30H,5-8,13-16,19-21H2,1-4H3,(H,36,37)/t24-,25+,30?/m1/s1. The minimum Gasteiger partial charge on any atom is -0.496 e. The number of nitrogens with zero attached hydrogens (tertiary/aromatic N) is 2. The molecular formula is C32H44N2O7. The number of hydrogen-bond acceptors (Lipinski definition) is 7. The third kappa shape index (κ3) is 7.07. The maximum absolute atomic E-state index is 13.7. The summed E-state index contributed by atoms with van der Waals surface area (Å²) in [5, 5.41) is 10.6. The molecule has 1 saturated heterocycles. The Labute approximate surface area is 243 Å². The number of fused-ring (bicyclic) bond motifs is 1. The van der Waals surface area contributed by atoms with E-state index in [4.69, 9.17) is 18.9 Å². The maximum atomic E-state index is 13.7. The normalized spacial score (nSPS) is 19.8. The highest BCUT2D eigenvalue weighted by atomic mass is 16.7. The van der Waals surface area contributed by atoms with Crippen molar-refractivity contribution in [2.24, 2.45) is 5.92 Å². The Bertz CT molecular complexity index is 1180. The quantitative estimate of drug-likeness (QED) is 0.322. The van der Waals surface area contributed by atoms with E-state index in [1.54, 1.807) is 14.2 Å². The highest BCUT2D eigenvalue weighted by Gasteiger charge is 2.47. The molecule has 0 aliphatic carbocycles. The summed E-state index contributed by atoms with van der Waals surface area (Å²) in [4.78, 5) is 30.6. The second kappa shape index (κ2) is 14.4. The van der Waals surface area contributed by atoms with Crippen LogP contribution < -0.4 is 18.9 Å². The second-order valence-corrected chi connectivity index (χ2v) is 10.9. The largest absolute Gasteiger partial charge is 0.496 e. The number of benzene rings is 2. The van der Waals surface area contributed by atoms with E-state index in [0.29, 0.717) is 36.6 Å². The highest BCUT2D eigenvalue weighted by molar-refractivity contribution is 5.79. The minimum absolute atomic E-state index is 0.0576. The molecule has 9 heteroatoms. The summed E-state index contributed by atoms with van der Waals surface area (Å²) in [7, 11) is 3.20. The molecule has 1 unspecified atom stereocenters. The van der Waals surface area contributed by atoms with Crippen LogP contribution >= 0.6 is 0 Å². The van der Waals surface area contributed by atoms with E-state index in [9.17, 15) is 14.7 Å². The number of aryl methyl sites for hydroxylation is 1. The van der Waals surface area contributed by atoms with E-state index >= 15 is 0 Å². The molecule has 2 aliphatic heterocycles. The number of ether oxygens (including phenoxy) is 4. The average Bonchev–Trinajstić information content (AvgIpc) is 3.60. The zero-order valence-electron chi connectivity index (χ0n) is 24.8. The summed E-state index contributed by atoms with van der Waals surface area (Å²) in [5.41, 5.74) is 1.83. The smallest absolute Gasteiger partial charge is 0.308 e. The topological polar surface area (TPSA) is 97.8 Å². The summed E-state index contributed by atoms with van der Waals surface area (Å²) >= 11 is 0. The van der Waals surface area contributed by atoms with Crippen LogP contribution in [0.15, 0.2) is 36.4 Å². The van der Waals surface area contributed by atoms with Gasteiger partial charge in [0.05, 0.1) is 26.7 Å². The Kier molecular flexibility index (Phi) is 10.7. The second-order valence-electron chi connectivity index (χ2n) is 10.9. The number of rotatable bonds is 15. The number of para-hydroxylation sites is 1. The first-order valence-corrected chi connectivity index (χ1v) is 14.8. The number of amides is 1. The predicted molar refractivity (Wildman–Crippen MR) is 156 cm³/mol. The van der Waals surface area contributed by atoms with Crippen molar-refractivity contribution >= 4 is 11.9 Å². The molecule has 0 saturated carbocycles. The Morgan fingerprint density at radius 3 is 2.39 bits per heavy atom. The molecule has 2 heterocycles. The number of methoxy groups -OCH3 is 2. The van der Waals surface area contributed by atoms with E-state index in [1.165, 1.54) is 0 Å². The molecular weight excluding hydrogens is 524 g/mol. The average molecular weight is 569 g/mol. The molecule has 0 spiro atoms. The molecule has 1 fully saturated rings. The van der Waals surface area contributed by atoms with Gasteiger partial charge in [-0.05, 0) is 55.0 Å². The molecule has 3 atom stereocenters. The van der Waals surface area contributed by atoms with Crippen LogP contribution in [0.5, 0.6) is 23.0 Å². The fourth-order valence-electron chi connectivity index (χ4n) is 6.10. The lowest BCUT2D eigenvalue weighted by atomic mass is 9.83. The summed E-state index contributed by atoms with van der Waals surface area (Å²) in [6.45, 7) is 6.41. The van der Waals surface area contributed by atoms with Crippen molar-refractivity contribution in [2.45, 2.75) is 64.3 Å². The van der Waals surface area contributed by atoms with Crippen molar-refractivity contribution in [3.63, 3.8) is 0 Å². The number of likely N-dealkylation sites (tertiary alicyclic amines) is 1. The van der Waals surface area contributed by atoms with Crippen molar-refractivity contribution in [1.82, 2.24) is 9.80 Å². The van der Waals surface area contributed by atoms with E-state index in [1.807, 2.05) is 41.3 Å². The predicted octanol–water partition coefficient (Wildman–Crippen LogP) is 4.96. The van der Waals surface area contributed by atoms with Crippen molar-refractivity contribution in [2.75, 3.05) is 47.2 Å². The third-order valence-corrected chi connectivity index (χ3v) is 8.30. The first kappa shape index (κ1) is 30.5. The van der Waals surface area contributed by atoms with Crippen LogP contribution in [0.3, 0.4) is 0 Å². The Morgan fingerprint density at radius 2 is 1.73 bits per heavy atom. The molecule has 0 bridgehead atoms. The van der Waals surface area contributed by atoms with Crippen molar-refractivity contribution in [3.05, 3.63) is 47.5 Å². The molecule has 9 nitrogen and oxygen atoms in total. The fraction of sp³-hybridized carbons (Fsp3) is 0.562. The first-order chi connectivity index (χ1) is 19.9. The van der Waals surface area contributed by atoms with E-state index in [0.717, 1.165) is 55.6 Å². The molecule has 1 N–H and O–H groups in total. The molecule has 2 aliphatic rings. The molecule has 0 aromatic heterocycles. The molecule has 4 rings (SSSR count). The number of aliphatic carboxylic acids is 1. The molecule has 224 valence electrons. The summed E-state index contributed by atoms with van der Waals surface area (Å²) < 4.78 is 22.4.